The molecule has 172 valence electrons. The van der Waals surface area contributed by atoms with E-state index in [2.05, 4.69) is 15.4 Å². The molecule has 1 N–H and O–H groups in total. The van der Waals surface area contributed by atoms with Gasteiger partial charge in [-0.3, -0.25) is 24.0 Å². The first-order chi connectivity index (χ1) is 16.4. The first-order valence-electron chi connectivity index (χ1n) is 10.4. The van der Waals surface area contributed by atoms with Gasteiger partial charge in [0.25, 0.3) is 17.1 Å². The number of carbonyl (C=O) groups excluding carboxylic acids is 3. The van der Waals surface area contributed by atoms with Crippen molar-refractivity contribution in [2.24, 2.45) is 7.05 Å². The topological polar surface area (TPSA) is 110 Å². The second-order valence-electron chi connectivity index (χ2n) is 7.54. The maximum absolute atomic E-state index is 13.1. The Bertz CT molecular complexity index is 1440. The molecule has 0 spiro atoms. The Morgan fingerprint density at radius 2 is 2.12 bits per heavy atom. The quantitative estimate of drug-likeness (QED) is 0.403. The molecule has 4 aromatic heterocycles. The molecular formula is C23H19N5O4S2. The molecule has 1 aliphatic rings. The minimum absolute atomic E-state index is 0.0729. The van der Waals surface area contributed by atoms with Gasteiger partial charge in [0.2, 0.25) is 0 Å². The highest BCUT2D eigenvalue weighted by Crippen LogP contribution is 2.32. The molecule has 0 saturated carbocycles. The van der Waals surface area contributed by atoms with E-state index in [1.54, 1.807) is 42.3 Å². The number of nitrogens with one attached hydrogen (secondary N) is 1. The molecule has 0 aliphatic carbocycles. The molecule has 9 nitrogen and oxygen atoms in total. The molecule has 34 heavy (non-hydrogen) atoms. The Morgan fingerprint density at radius 1 is 1.26 bits per heavy atom. The van der Waals surface area contributed by atoms with Crippen LogP contribution in [-0.4, -0.2) is 49.8 Å². The molecule has 0 unspecified atom stereocenters. The Hall–Kier alpha value is -3.70. The molecule has 1 fully saturated rings. The summed E-state index contributed by atoms with van der Waals surface area (Å²) >= 11 is 2.40. The fourth-order valence-corrected chi connectivity index (χ4v) is 5.33. The van der Waals surface area contributed by atoms with Gasteiger partial charge < -0.3 is 9.73 Å². The van der Waals surface area contributed by atoms with Crippen molar-refractivity contribution in [3.8, 4) is 11.5 Å². The standard InChI is InChI=1S/C23H19N5O4S2/c1-13-19-15(12-16(17-6-3-9-32-17)25-20(19)27(2)26-13)21(29)24-7-8-28-22(30)18(34-23(28)31)11-14-5-4-10-33-14/h3-6,9-12H,7-8H2,1-2H3,(H,24,29)/b18-11-. The van der Waals surface area contributed by atoms with Crippen LogP contribution >= 0.6 is 23.1 Å². The van der Waals surface area contributed by atoms with Crippen LogP contribution in [0.2, 0.25) is 0 Å². The summed E-state index contributed by atoms with van der Waals surface area (Å²) in [6.45, 7) is 2.00. The van der Waals surface area contributed by atoms with Gasteiger partial charge in [0.15, 0.2) is 11.4 Å². The van der Waals surface area contributed by atoms with Gasteiger partial charge in [-0.05, 0) is 54.4 Å². The van der Waals surface area contributed by atoms with Crippen LogP contribution in [0.1, 0.15) is 20.9 Å². The molecule has 4 aromatic rings. The minimum atomic E-state index is -0.354. The number of hydrogen-bond donors (Lipinski definition) is 1. The lowest BCUT2D eigenvalue weighted by Gasteiger charge is -2.13. The summed E-state index contributed by atoms with van der Waals surface area (Å²) in [7, 11) is 1.76. The molecule has 1 aliphatic heterocycles. The summed E-state index contributed by atoms with van der Waals surface area (Å²) in [6, 6.07) is 8.94. The van der Waals surface area contributed by atoms with Crippen LogP contribution < -0.4 is 5.32 Å². The van der Waals surface area contributed by atoms with Gasteiger partial charge >= 0.3 is 0 Å². The number of thioether (sulfide) groups is 1. The Balaban J connectivity index is 1.34. The van der Waals surface area contributed by atoms with Gasteiger partial charge in [0.1, 0.15) is 5.69 Å². The van der Waals surface area contributed by atoms with Gasteiger partial charge in [-0.15, -0.1) is 11.3 Å². The van der Waals surface area contributed by atoms with Crippen molar-refractivity contribution >= 4 is 57.3 Å². The predicted octanol–water partition coefficient (Wildman–Crippen LogP) is 4.06. The third kappa shape index (κ3) is 4.03. The van der Waals surface area contributed by atoms with Gasteiger partial charge in [-0.2, -0.15) is 5.10 Å². The molecule has 0 atom stereocenters. The highest BCUT2D eigenvalue weighted by atomic mass is 32.2. The number of hydrogen-bond acceptors (Lipinski definition) is 8. The summed E-state index contributed by atoms with van der Waals surface area (Å²) in [6.07, 6.45) is 3.25. The average Bonchev–Trinajstić information content (AvgIpc) is 3.61. The minimum Gasteiger partial charge on any atom is -0.463 e. The third-order valence-electron chi connectivity index (χ3n) is 5.30. The van der Waals surface area contributed by atoms with Crippen LogP contribution in [0, 0.1) is 6.92 Å². The van der Waals surface area contributed by atoms with Gasteiger partial charge in [0, 0.05) is 25.0 Å². The molecule has 5 rings (SSSR count). The molecule has 11 heteroatoms. The SMILES string of the molecule is Cc1nn(C)c2nc(-c3ccco3)cc(C(=O)NCCN3C(=O)S/C(=C\c4cccs4)C3=O)c12. The van der Waals surface area contributed by atoms with Crippen molar-refractivity contribution in [3.05, 3.63) is 63.0 Å². The van der Waals surface area contributed by atoms with Crippen LogP contribution in [0.4, 0.5) is 4.79 Å². The van der Waals surface area contributed by atoms with E-state index in [9.17, 15) is 14.4 Å². The molecule has 5 heterocycles. The van der Waals surface area contributed by atoms with Gasteiger partial charge in [-0.25, -0.2) is 4.98 Å². The number of thiophene rings is 1. The van der Waals surface area contributed by atoms with Crippen molar-refractivity contribution in [2.45, 2.75) is 6.92 Å². The van der Waals surface area contributed by atoms with E-state index < -0.39 is 0 Å². The summed E-state index contributed by atoms with van der Waals surface area (Å²) in [5.41, 5.74) is 2.14. The number of pyridine rings is 1. The van der Waals surface area contributed by atoms with Gasteiger partial charge in [-0.1, -0.05) is 6.07 Å². The molecule has 0 aromatic carbocycles. The number of imide groups is 1. The molecule has 0 bridgehead atoms. The number of amides is 3. The van der Waals surface area contributed by atoms with Crippen LogP contribution in [0.3, 0.4) is 0 Å². The van der Waals surface area contributed by atoms with E-state index in [1.165, 1.54) is 11.3 Å². The zero-order chi connectivity index (χ0) is 23.8. The van der Waals surface area contributed by atoms with Crippen LogP contribution in [0.5, 0.6) is 0 Å². The fourth-order valence-electron chi connectivity index (χ4n) is 3.75. The summed E-state index contributed by atoms with van der Waals surface area (Å²) in [5.74, 6) is -0.172. The number of rotatable bonds is 6. The lowest BCUT2D eigenvalue weighted by atomic mass is 10.1. The average molecular weight is 494 g/mol. The lowest BCUT2D eigenvalue weighted by molar-refractivity contribution is -0.122. The number of aromatic nitrogens is 3. The van der Waals surface area contributed by atoms with E-state index >= 15 is 0 Å². The third-order valence-corrected chi connectivity index (χ3v) is 7.02. The zero-order valence-corrected chi connectivity index (χ0v) is 19.9. The van der Waals surface area contributed by atoms with Gasteiger partial charge in [0.05, 0.1) is 27.8 Å². The number of furan rings is 1. The van der Waals surface area contributed by atoms with Crippen molar-refractivity contribution in [2.75, 3.05) is 13.1 Å². The maximum Gasteiger partial charge on any atom is 0.293 e. The molecule has 1 saturated heterocycles. The van der Waals surface area contributed by atoms with Crippen molar-refractivity contribution in [1.29, 1.82) is 0 Å². The second kappa shape index (κ2) is 8.92. The number of fused-ring (bicyclic) bond motifs is 1. The van der Waals surface area contributed by atoms with E-state index in [-0.39, 0.29) is 30.1 Å². The Labute approximate surface area is 202 Å². The first kappa shape index (κ1) is 22.1. The van der Waals surface area contributed by atoms with Crippen molar-refractivity contribution in [1.82, 2.24) is 25.0 Å². The monoisotopic (exact) mass is 493 g/mol. The first-order valence-corrected chi connectivity index (χ1v) is 12.1. The van der Waals surface area contributed by atoms with Crippen molar-refractivity contribution in [3.63, 3.8) is 0 Å². The predicted molar refractivity (Wildman–Crippen MR) is 130 cm³/mol. The van der Waals surface area contributed by atoms with Crippen LogP contribution in [0.25, 0.3) is 28.6 Å². The van der Waals surface area contributed by atoms with Crippen LogP contribution in [0.15, 0.2) is 51.3 Å². The smallest absolute Gasteiger partial charge is 0.293 e. The largest absolute Gasteiger partial charge is 0.463 e. The Kier molecular flexibility index (Phi) is 5.80. The molecule has 3 amide bonds. The van der Waals surface area contributed by atoms with Crippen molar-refractivity contribution < 1.29 is 18.8 Å². The number of carbonyl (C=O) groups is 3. The van der Waals surface area contributed by atoms with E-state index in [0.29, 0.717) is 38.7 Å². The highest BCUT2D eigenvalue weighted by Gasteiger charge is 2.34. The second-order valence-corrected chi connectivity index (χ2v) is 9.52. The molecule has 0 radical (unpaired) electrons. The van der Waals surface area contributed by atoms with Crippen LogP contribution in [-0.2, 0) is 11.8 Å². The van der Waals surface area contributed by atoms with E-state index in [1.807, 2.05) is 24.4 Å². The summed E-state index contributed by atoms with van der Waals surface area (Å²) < 4.78 is 7.08. The molecular weight excluding hydrogens is 474 g/mol. The Morgan fingerprint density at radius 3 is 2.85 bits per heavy atom. The zero-order valence-electron chi connectivity index (χ0n) is 18.3. The maximum atomic E-state index is 13.1. The fraction of sp³-hybridized carbons (Fsp3) is 0.174. The number of nitrogens with zero attached hydrogens (tertiary/aromatic N) is 4. The normalized spacial score (nSPS) is 15.1. The van der Waals surface area contributed by atoms with E-state index in [4.69, 9.17) is 4.42 Å². The summed E-state index contributed by atoms with van der Waals surface area (Å²) in [4.78, 5) is 45.2. The lowest BCUT2D eigenvalue weighted by Crippen LogP contribution is -2.37. The van der Waals surface area contributed by atoms with E-state index in [0.717, 1.165) is 21.5 Å². The summed E-state index contributed by atoms with van der Waals surface area (Å²) in [5, 5.41) is 9.41. The highest BCUT2D eigenvalue weighted by molar-refractivity contribution is 8.18. The number of aryl methyl sites for hydroxylation is 2.